The highest BCUT2D eigenvalue weighted by Gasteiger charge is 2.19. The molecule has 0 bridgehead atoms. The van der Waals surface area contributed by atoms with E-state index in [1.165, 1.54) is 24.3 Å². The number of aromatic nitrogens is 1. The van der Waals surface area contributed by atoms with Crippen LogP contribution in [-0.4, -0.2) is 26.1 Å². The van der Waals surface area contributed by atoms with Crippen LogP contribution in [0, 0.1) is 11.6 Å². The second-order valence-electron chi connectivity index (χ2n) is 5.30. The average Bonchev–Trinajstić information content (AvgIpc) is 2.91. The van der Waals surface area contributed by atoms with E-state index in [1.807, 2.05) is 0 Å². The number of rotatable bonds is 4. The molecule has 0 aliphatic carbocycles. The lowest BCUT2D eigenvalue weighted by atomic mass is 10.3. The maximum atomic E-state index is 14.3. The van der Waals surface area contributed by atoms with Crippen molar-refractivity contribution in [2.45, 2.75) is 11.4 Å². The zero-order valence-electron chi connectivity index (χ0n) is 13.6. The van der Waals surface area contributed by atoms with Crippen LogP contribution in [0.15, 0.2) is 45.7 Å². The van der Waals surface area contributed by atoms with Crippen LogP contribution in [0.1, 0.15) is 0 Å². The van der Waals surface area contributed by atoms with Crippen molar-refractivity contribution in [3.05, 3.63) is 57.9 Å². The number of carbonyl (C=O) groups is 1. The third-order valence-electron chi connectivity index (χ3n) is 3.52. The van der Waals surface area contributed by atoms with Gasteiger partial charge in [0.15, 0.2) is 5.82 Å². The Hall–Kier alpha value is -2.30. The number of sulfonamides is 1. The van der Waals surface area contributed by atoms with Gasteiger partial charge in [-0.25, -0.2) is 8.78 Å². The molecule has 3 aromatic rings. The molecule has 27 heavy (non-hydrogen) atoms. The topological polar surface area (TPSA) is 77.7 Å². The van der Waals surface area contributed by atoms with Gasteiger partial charge in [-0.3, -0.25) is 4.79 Å². The van der Waals surface area contributed by atoms with Gasteiger partial charge in [-0.15, -0.1) is 4.40 Å². The van der Waals surface area contributed by atoms with Crippen molar-refractivity contribution in [1.82, 2.24) is 4.57 Å². The van der Waals surface area contributed by atoms with Crippen LogP contribution in [0.2, 0.25) is 5.02 Å². The van der Waals surface area contributed by atoms with E-state index in [2.05, 4.69) is 9.13 Å². The zero-order valence-corrected chi connectivity index (χ0v) is 16.0. The number of ether oxygens (including phenoxy) is 1. The maximum absolute atomic E-state index is 14.3. The number of esters is 1. The fraction of sp³-hybridized carbons (Fsp3) is 0.125. The lowest BCUT2D eigenvalue weighted by Gasteiger charge is -2.05. The molecule has 0 aliphatic heterocycles. The number of hydrogen-bond acceptors (Lipinski definition) is 5. The summed E-state index contributed by atoms with van der Waals surface area (Å²) in [6, 6.07) is 6.96. The van der Waals surface area contributed by atoms with Crippen LogP contribution in [-0.2, 0) is 26.1 Å². The Morgan fingerprint density at radius 1 is 1.26 bits per heavy atom. The second-order valence-corrected chi connectivity index (χ2v) is 8.35. The van der Waals surface area contributed by atoms with Gasteiger partial charge in [0.1, 0.15) is 12.4 Å². The zero-order chi connectivity index (χ0) is 19.8. The number of halogens is 3. The molecule has 6 nitrogen and oxygen atoms in total. The molecule has 2 aromatic carbocycles. The van der Waals surface area contributed by atoms with Gasteiger partial charge in [-0.05, 0) is 30.3 Å². The van der Waals surface area contributed by atoms with E-state index in [4.69, 9.17) is 11.6 Å². The summed E-state index contributed by atoms with van der Waals surface area (Å²) in [5.41, 5.74) is -0.142. The summed E-state index contributed by atoms with van der Waals surface area (Å²) < 4.78 is 62.3. The second kappa shape index (κ2) is 7.37. The van der Waals surface area contributed by atoms with E-state index in [0.29, 0.717) is 11.1 Å². The Balaban J connectivity index is 2.27. The minimum Gasteiger partial charge on any atom is -0.468 e. The van der Waals surface area contributed by atoms with E-state index in [9.17, 15) is 22.0 Å². The molecule has 0 amide bonds. The van der Waals surface area contributed by atoms with Crippen molar-refractivity contribution < 1.29 is 26.7 Å². The highest BCUT2D eigenvalue weighted by molar-refractivity contribution is 7.90. The van der Waals surface area contributed by atoms with Gasteiger partial charge in [-0.2, -0.15) is 8.42 Å². The van der Waals surface area contributed by atoms with Crippen molar-refractivity contribution >= 4 is 49.1 Å². The van der Waals surface area contributed by atoms with Crippen LogP contribution in [0.5, 0.6) is 0 Å². The molecule has 0 aliphatic rings. The lowest BCUT2D eigenvalue weighted by Crippen LogP contribution is -2.23. The molecule has 1 aromatic heterocycles. The molecule has 0 atom stereocenters. The average molecular weight is 433 g/mol. The standard InChI is InChI=1S/C16H11ClF2N2O4S2/c1-25-14(22)8-21-15-12(19)6-10(18)7-13(15)26-16(21)20-27(23,24)11-4-2-9(17)3-5-11/h2-7H,8H2,1H3/b20-16-. The van der Waals surface area contributed by atoms with Gasteiger partial charge in [0.25, 0.3) is 10.0 Å². The predicted molar refractivity (Wildman–Crippen MR) is 95.9 cm³/mol. The van der Waals surface area contributed by atoms with Gasteiger partial charge < -0.3 is 9.30 Å². The molecule has 0 unspecified atom stereocenters. The van der Waals surface area contributed by atoms with Crippen LogP contribution < -0.4 is 4.80 Å². The summed E-state index contributed by atoms with van der Waals surface area (Å²) in [6.45, 7) is -0.492. The SMILES string of the molecule is COC(=O)Cn1/c(=N/S(=O)(=O)c2ccc(Cl)cc2)sc2cc(F)cc(F)c21. The number of nitrogens with zero attached hydrogens (tertiary/aromatic N) is 2. The molecule has 0 radical (unpaired) electrons. The lowest BCUT2D eigenvalue weighted by molar-refractivity contribution is -0.141. The normalized spacial score (nSPS) is 12.5. The minimum absolute atomic E-state index is 0.0986. The summed E-state index contributed by atoms with van der Waals surface area (Å²) >= 11 is 6.48. The van der Waals surface area contributed by atoms with Crippen LogP contribution in [0.4, 0.5) is 8.78 Å². The molecule has 0 saturated carbocycles. The number of fused-ring (bicyclic) bond motifs is 1. The Labute approximate surface area is 161 Å². The fourth-order valence-electron chi connectivity index (χ4n) is 2.30. The molecule has 0 saturated heterocycles. The molecular weight excluding hydrogens is 422 g/mol. The Kier molecular flexibility index (Phi) is 5.31. The number of carbonyl (C=O) groups excluding carboxylic acids is 1. The number of benzene rings is 2. The largest absolute Gasteiger partial charge is 0.468 e. The Morgan fingerprint density at radius 3 is 2.56 bits per heavy atom. The first-order chi connectivity index (χ1) is 12.7. The van der Waals surface area contributed by atoms with Crippen LogP contribution >= 0.6 is 22.9 Å². The summed E-state index contributed by atoms with van der Waals surface area (Å²) in [4.78, 5) is 11.3. The van der Waals surface area contributed by atoms with E-state index in [0.717, 1.165) is 29.1 Å². The molecule has 0 N–H and O–H groups in total. The van der Waals surface area contributed by atoms with E-state index >= 15 is 0 Å². The Bertz CT molecular complexity index is 1200. The van der Waals surface area contributed by atoms with Crippen molar-refractivity contribution in [3.63, 3.8) is 0 Å². The Morgan fingerprint density at radius 2 is 1.93 bits per heavy atom. The quantitative estimate of drug-likeness (QED) is 0.593. The van der Waals surface area contributed by atoms with Crippen molar-refractivity contribution in [3.8, 4) is 0 Å². The molecule has 3 rings (SSSR count). The van der Waals surface area contributed by atoms with Gasteiger partial charge in [-0.1, -0.05) is 22.9 Å². The molecule has 11 heteroatoms. The van der Waals surface area contributed by atoms with Crippen molar-refractivity contribution in [1.29, 1.82) is 0 Å². The van der Waals surface area contributed by atoms with Crippen molar-refractivity contribution in [2.24, 2.45) is 4.40 Å². The third-order valence-corrected chi connectivity index (χ3v) is 6.19. The minimum atomic E-state index is -4.18. The summed E-state index contributed by atoms with van der Waals surface area (Å²) in [7, 11) is -3.04. The summed E-state index contributed by atoms with van der Waals surface area (Å²) in [5.74, 6) is -2.53. The van der Waals surface area contributed by atoms with Crippen LogP contribution in [0.3, 0.4) is 0 Å². The molecule has 1 heterocycles. The van der Waals surface area contributed by atoms with Gasteiger partial charge in [0.05, 0.1) is 22.2 Å². The summed E-state index contributed by atoms with van der Waals surface area (Å²) in [5, 5.41) is 0.342. The highest BCUT2D eigenvalue weighted by Crippen LogP contribution is 2.23. The molecule has 0 fully saturated rings. The fourth-order valence-corrected chi connectivity index (χ4v) is 4.70. The molecule has 142 valence electrons. The number of hydrogen-bond donors (Lipinski definition) is 0. The summed E-state index contributed by atoms with van der Waals surface area (Å²) in [6.07, 6.45) is 0. The first-order valence-corrected chi connectivity index (χ1v) is 9.96. The monoisotopic (exact) mass is 432 g/mol. The van der Waals surface area contributed by atoms with Crippen molar-refractivity contribution in [2.75, 3.05) is 7.11 Å². The molecule has 0 spiro atoms. The van der Waals surface area contributed by atoms with Crippen LogP contribution in [0.25, 0.3) is 10.2 Å². The first kappa shape index (κ1) is 19.5. The highest BCUT2D eigenvalue weighted by atomic mass is 35.5. The third kappa shape index (κ3) is 4.02. The van der Waals surface area contributed by atoms with Gasteiger partial charge in [0.2, 0.25) is 4.80 Å². The smallest absolute Gasteiger partial charge is 0.325 e. The predicted octanol–water partition coefficient (Wildman–Crippen LogP) is 3.10. The first-order valence-electron chi connectivity index (χ1n) is 7.33. The van der Waals surface area contributed by atoms with E-state index in [-0.39, 0.29) is 19.9 Å². The van der Waals surface area contributed by atoms with Gasteiger partial charge in [0, 0.05) is 11.1 Å². The van der Waals surface area contributed by atoms with E-state index < -0.39 is 34.2 Å². The van der Waals surface area contributed by atoms with E-state index in [1.54, 1.807) is 0 Å². The molecular formula is C16H11ClF2N2O4S2. The number of thiazole rings is 1. The maximum Gasteiger partial charge on any atom is 0.325 e. The van der Waals surface area contributed by atoms with Gasteiger partial charge >= 0.3 is 5.97 Å². The number of methoxy groups -OCH3 is 1.